The molecule has 0 aliphatic carbocycles. The van der Waals surface area contributed by atoms with Crippen LogP contribution in [0, 0.1) is 17.3 Å². The third-order valence-corrected chi connectivity index (χ3v) is 4.68. The van der Waals surface area contributed by atoms with Crippen LogP contribution >= 0.6 is 0 Å². The smallest absolute Gasteiger partial charge is 0.00515 e. The second kappa shape index (κ2) is 5.92. The van der Waals surface area contributed by atoms with E-state index in [2.05, 4.69) is 37.5 Å². The molecule has 2 aliphatic heterocycles. The normalized spacial score (nSPS) is 25.0. The van der Waals surface area contributed by atoms with Gasteiger partial charge in [0.15, 0.2) is 0 Å². The summed E-state index contributed by atoms with van der Waals surface area (Å²) in [4.78, 5) is 5.35. The first kappa shape index (κ1) is 14.3. The highest BCUT2D eigenvalue weighted by atomic mass is 15.2. The maximum atomic E-state index is 2.69. The van der Waals surface area contributed by atoms with Crippen molar-refractivity contribution in [1.29, 1.82) is 0 Å². The minimum Gasteiger partial charge on any atom is -0.303 e. The Balaban J connectivity index is 1.65. The molecule has 2 rings (SSSR count). The van der Waals surface area contributed by atoms with E-state index in [1.807, 2.05) is 0 Å². The Morgan fingerprint density at radius 1 is 0.889 bits per heavy atom. The van der Waals surface area contributed by atoms with Gasteiger partial charge in [-0.05, 0) is 56.1 Å². The molecule has 2 heteroatoms. The third-order valence-electron chi connectivity index (χ3n) is 4.68. The Morgan fingerprint density at radius 2 is 1.50 bits per heavy atom. The van der Waals surface area contributed by atoms with E-state index in [1.54, 1.807) is 0 Å². The van der Waals surface area contributed by atoms with Crippen LogP contribution in [-0.2, 0) is 0 Å². The zero-order valence-electron chi connectivity index (χ0n) is 12.9. The van der Waals surface area contributed by atoms with Gasteiger partial charge < -0.3 is 9.80 Å². The highest BCUT2D eigenvalue weighted by Crippen LogP contribution is 2.40. The third kappa shape index (κ3) is 3.71. The summed E-state index contributed by atoms with van der Waals surface area (Å²) < 4.78 is 0. The summed E-state index contributed by atoms with van der Waals surface area (Å²) in [6.07, 6.45) is 4.26. The second-order valence-corrected chi connectivity index (χ2v) is 7.59. The lowest BCUT2D eigenvalue weighted by atomic mass is 9.71. The van der Waals surface area contributed by atoms with Crippen molar-refractivity contribution >= 4 is 0 Å². The first-order chi connectivity index (χ1) is 8.49. The van der Waals surface area contributed by atoms with Crippen molar-refractivity contribution in [2.24, 2.45) is 17.3 Å². The average molecular weight is 252 g/mol. The first-order valence-electron chi connectivity index (χ1n) is 7.94. The summed E-state index contributed by atoms with van der Waals surface area (Å²) >= 11 is 0. The van der Waals surface area contributed by atoms with Crippen LogP contribution in [0.4, 0.5) is 0 Å². The van der Waals surface area contributed by atoms with Crippen molar-refractivity contribution in [3.8, 4) is 0 Å². The van der Waals surface area contributed by atoms with Crippen LogP contribution in [0.2, 0.25) is 0 Å². The molecule has 0 unspecified atom stereocenters. The zero-order valence-corrected chi connectivity index (χ0v) is 12.9. The van der Waals surface area contributed by atoms with Gasteiger partial charge in [-0.1, -0.05) is 27.7 Å². The van der Waals surface area contributed by atoms with Gasteiger partial charge in [-0.3, -0.25) is 0 Å². The van der Waals surface area contributed by atoms with Crippen molar-refractivity contribution in [3.05, 3.63) is 0 Å². The summed E-state index contributed by atoms with van der Waals surface area (Å²) in [5, 5.41) is 0. The molecule has 2 aliphatic rings. The number of likely N-dealkylation sites (tertiary alicyclic amines) is 2. The lowest BCUT2D eigenvalue weighted by Gasteiger charge is -2.54. The fourth-order valence-corrected chi connectivity index (χ4v) is 3.56. The Morgan fingerprint density at radius 3 is 2.00 bits per heavy atom. The largest absolute Gasteiger partial charge is 0.303 e. The standard InChI is InChI=1S/C16H32N2/c1-14(2)5-8-17-9-6-16(7-10-17)12-18(13-16)11-15(3)4/h14-15H,5-13H2,1-4H3. The van der Waals surface area contributed by atoms with Crippen molar-refractivity contribution in [3.63, 3.8) is 0 Å². The molecule has 2 heterocycles. The van der Waals surface area contributed by atoms with Gasteiger partial charge in [-0.25, -0.2) is 0 Å². The number of nitrogens with zero attached hydrogens (tertiary/aromatic N) is 2. The molecule has 0 aromatic rings. The highest BCUT2D eigenvalue weighted by molar-refractivity contribution is 4.98. The molecule has 106 valence electrons. The van der Waals surface area contributed by atoms with Gasteiger partial charge in [-0.2, -0.15) is 0 Å². The first-order valence-corrected chi connectivity index (χ1v) is 7.94. The predicted molar refractivity (Wildman–Crippen MR) is 78.8 cm³/mol. The van der Waals surface area contributed by atoms with Gasteiger partial charge in [-0.15, -0.1) is 0 Å². The Kier molecular flexibility index (Phi) is 4.71. The van der Waals surface area contributed by atoms with Gasteiger partial charge >= 0.3 is 0 Å². The van der Waals surface area contributed by atoms with E-state index in [0.29, 0.717) is 5.41 Å². The summed E-state index contributed by atoms with van der Waals surface area (Å²) in [5.41, 5.74) is 0.712. The molecule has 0 aromatic carbocycles. The van der Waals surface area contributed by atoms with E-state index >= 15 is 0 Å². The van der Waals surface area contributed by atoms with Crippen LogP contribution in [0.3, 0.4) is 0 Å². The molecule has 0 saturated carbocycles. The Hall–Kier alpha value is -0.0800. The van der Waals surface area contributed by atoms with Crippen LogP contribution in [0.25, 0.3) is 0 Å². The molecule has 2 saturated heterocycles. The van der Waals surface area contributed by atoms with Crippen LogP contribution < -0.4 is 0 Å². The van der Waals surface area contributed by atoms with Gasteiger partial charge in [0.1, 0.15) is 0 Å². The van der Waals surface area contributed by atoms with Gasteiger partial charge in [0.05, 0.1) is 0 Å². The van der Waals surface area contributed by atoms with Gasteiger partial charge in [0.25, 0.3) is 0 Å². The Labute approximate surface area is 114 Å². The van der Waals surface area contributed by atoms with Crippen molar-refractivity contribution in [2.75, 3.05) is 39.3 Å². The highest BCUT2D eigenvalue weighted by Gasteiger charge is 2.44. The summed E-state index contributed by atoms with van der Waals surface area (Å²) in [5.74, 6) is 1.68. The minimum absolute atomic E-state index is 0.712. The molecule has 18 heavy (non-hydrogen) atoms. The molecule has 0 radical (unpaired) electrons. The van der Waals surface area contributed by atoms with E-state index in [-0.39, 0.29) is 0 Å². The van der Waals surface area contributed by atoms with Crippen molar-refractivity contribution in [1.82, 2.24) is 9.80 Å². The molecular formula is C16H32N2. The van der Waals surface area contributed by atoms with Crippen LogP contribution in [0.1, 0.15) is 47.0 Å². The fourth-order valence-electron chi connectivity index (χ4n) is 3.56. The average Bonchev–Trinajstić information content (AvgIpc) is 2.25. The van der Waals surface area contributed by atoms with E-state index in [4.69, 9.17) is 0 Å². The summed E-state index contributed by atoms with van der Waals surface area (Å²) in [7, 11) is 0. The number of hydrogen-bond donors (Lipinski definition) is 0. The molecule has 0 bridgehead atoms. The number of rotatable bonds is 5. The molecule has 0 amide bonds. The van der Waals surface area contributed by atoms with Crippen LogP contribution in [-0.4, -0.2) is 49.1 Å². The Bertz CT molecular complexity index is 244. The van der Waals surface area contributed by atoms with E-state index in [9.17, 15) is 0 Å². The molecule has 0 aromatic heterocycles. The quantitative estimate of drug-likeness (QED) is 0.742. The molecule has 2 nitrogen and oxygen atoms in total. The zero-order chi connectivity index (χ0) is 13.2. The van der Waals surface area contributed by atoms with E-state index in [1.165, 1.54) is 58.5 Å². The number of hydrogen-bond acceptors (Lipinski definition) is 2. The summed E-state index contributed by atoms with van der Waals surface area (Å²) in [6, 6.07) is 0. The molecule has 0 N–H and O–H groups in total. The fraction of sp³-hybridized carbons (Fsp3) is 1.00. The lowest BCUT2D eigenvalue weighted by molar-refractivity contribution is -0.0516. The van der Waals surface area contributed by atoms with E-state index in [0.717, 1.165) is 11.8 Å². The SMILES string of the molecule is CC(C)CCN1CCC2(CC1)CN(CC(C)C)C2. The lowest BCUT2D eigenvalue weighted by Crippen LogP contribution is -2.60. The van der Waals surface area contributed by atoms with Gasteiger partial charge in [0, 0.05) is 19.6 Å². The second-order valence-electron chi connectivity index (χ2n) is 7.59. The van der Waals surface area contributed by atoms with Gasteiger partial charge in [0.2, 0.25) is 0 Å². The summed E-state index contributed by atoms with van der Waals surface area (Å²) in [6.45, 7) is 17.4. The van der Waals surface area contributed by atoms with Crippen LogP contribution in [0.15, 0.2) is 0 Å². The van der Waals surface area contributed by atoms with E-state index < -0.39 is 0 Å². The minimum atomic E-state index is 0.712. The predicted octanol–water partition coefficient (Wildman–Crippen LogP) is 3.09. The van der Waals surface area contributed by atoms with Crippen molar-refractivity contribution < 1.29 is 0 Å². The topological polar surface area (TPSA) is 6.48 Å². The molecular weight excluding hydrogens is 220 g/mol. The van der Waals surface area contributed by atoms with Crippen LogP contribution in [0.5, 0.6) is 0 Å². The maximum absolute atomic E-state index is 2.69. The monoisotopic (exact) mass is 252 g/mol. The molecule has 1 spiro atoms. The molecule has 2 fully saturated rings. The number of piperidine rings is 1. The van der Waals surface area contributed by atoms with Crippen molar-refractivity contribution in [2.45, 2.75) is 47.0 Å². The molecule has 0 atom stereocenters. The maximum Gasteiger partial charge on any atom is 0.00515 e.